The topological polar surface area (TPSA) is 116 Å². The molecule has 8 nitrogen and oxygen atoms in total. The molecule has 1 amide bonds. The number of alkyl halides is 2. The number of nitrogens with zero attached hydrogens (tertiary/aromatic N) is 2. The Balaban J connectivity index is 2.02. The van der Waals surface area contributed by atoms with Crippen molar-refractivity contribution in [2.24, 2.45) is 0 Å². The predicted molar refractivity (Wildman–Crippen MR) is 110 cm³/mol. The van der Waals surface area contributed by atoms with E-state index in [1.807, 2.05) is 20.8 Å². The highest BCUT2D eigenvalue weighted by molar-refractivity contribution is 6.14. The highest BCUT2D eigenvalue weighted by Gasteiger charge is 2.21. The first kappa shape index (κ1) is 21.2. The van der Waals surface area contributed by atoms with Crippen LogP contribution in [0, 0.1) is 5.41 Å². The van der Waals surface area contributed by atoms with Crippen molar-refractivity contribution >= 4 is 28.5 Å². The van der Waals surface area contributed by atoms with Crippen LogP contribution in [-0.4, -0.2) is 45.8 Å². The Kier molecular flexibility index (Phi) is 5.68. The molecule has 4 N–H and O–H groups in total. The van der Waals surface area contributed by atoms with Crippen LogP contribution in [0.2, 0.25) is 0 Å². The second kappa shape index (κ2) is 8.05. The van der Waals surface area contributed by atoms with E-state index >= 15 is 0 Å². The molecule has 0 unspecified atom stereocenters. The van der Waals surface area contributed by atoms with Gasteiger partial charge in [0.2, 0.25) is 0 Å². The Hall–Kier alpha value is -3.56. The molecule has 158 valence electrons. The standard InChI is InChI=1S/C20H22F2N6O2/c1-20(2,3)28-18(29)12-8-25-17-16(12)27-14(9-26-17)15(23)11-7-10(30-19(21)22)5-6-13(11)24-4/h5-9,19,23-24H,1-4H3,(H,25,26)(H,28,29). The highest BCUT2D eigenvalue weighted by atomic mass is 19.3. The molecule has 0 bridgehead atoms. The Morgan fingerprint density at radius 2 is 2.00 bits per heavy atom. The smallest absolute Gasteiger partial charge is 0.387 e. The van der Waals surface area contributed by atoms with Gasteiger partial charge in [0.25, 0.3) is 5.91 Å². The number of rotatable bonds is 6. The highest BCUT2D eigenvalue weighted by Crippen LogP contribution is 2.26. The first-order valence-corrected chi connectivity index (χ1v) is 9.11. The first-order valence-electron chi connectivity index (χ1n) is 9.11. The van der Waals surface area contributed by atoms with Crippen molar-refractivity contribution in [1.82, 2.24) is 20.3 Å². The Bertz CT molecular complexity index is 1100. The van der Waals surface area contributed by atoms with E-state index in [0.717, 1.165) is 0 Å². The lowest BCUT2D eigenvalue weighted by molar-refractivity contribution is -0.0498. The van der Waals surface area contributed by atoms with E-state index < -0.39 is 12.2 Å². The molecule has 30 heavy (non-hydrogen) atoms. The van der Waals surface area contributed by atoms with Crippen LogP contribution in [0.4, 0.5) is 14.5 Å². The van der Waals surface area contributed by atoms with Gasteiger partial charge in [-0.3, -0.25) is 10.2 Å². The molecular formula is C20H22F2N6O2. The van der Waals surface area contributed by atoms with Crippen molar-refractivity contribution in [1.29, 1.82) is 5.41 Å². The number of anilines is 1. The molecule has 0 aliphatic heterocycles. The van der Waals surface area contributed by atoms with E-state index in [2.05, 4.69) is 30.3 Å². The van der Waals surface area contributed by atoms with Crippen LogP contribution < -0.4 is 15.4 Å². The van der Waals surface area contributed by atoms with E-state index in [1.165, 1.54) is 30.6 Å². The molecule has 10 heteroatoms. The molecular weight excluding hydrogens is 394 g/mol. The fraction of sp³-hybridized carbons (Fsp3) is 0.300. The van der Waals surface area contributed by atoms with Crippen LogP contribution in [0.25, 0.3) is 11.2 Å². The fourth-order valence-electron chi connectivity index (χ4n) is 2.86. The summed E-state index contributed by atoms with van der Waals surface area (Å²) in [5.74, 6) is -0.403. The van der Waals surface area contributed by atoms with Gasteiger partial charge in [0.05, 0.1) is 17.5 Å². The molecule has 0 spiro atoms. The van der Waals surface area contributed by atoms with E-state index in [-0.39, 0.29) is 23.1 Å². The molecule has 0 saturated heterocycles. The minimum Gasteiger partial charge on any atom is -0.435 e. The molecule has 0 atom stereocenters. The van der Waals surface area contributed by atoms with Gasteiger partial charge < -0.3 is 20.4 Å². The van der Waals surface area contributed by atoms with E-state index in [0.29, 0.717) is 28.0 Å². The summed E-state index contributed by atoms with van der Waals surface area (Å²) in [5, 5.41) is 14.3. The Morgan fingerprint density at radius 1 is 1.27 bits per heavy atom. The number of carbonyl (C=O) groups excluding carboxylic acids is 1. The number of nitrogens with one attached hydrogen (secondary N) is 4. The van der Waals surface area contributed by atoms with Crippen LogP contribution in [0.15, 0.2) is 30.6 Å². The van der Waals surface area contributed by atoms with Crippen LogP contribution in [-0.2, 0) is 0 Å². The number of H-pyrrole nitrogens is 1. The minimum absolute atomic E-state index is 0.0585. The number of hydrogen-bond acceptors (Lipinski definition) is 6. The van der Waals surface area contributed by atoms with E-state index in [4.69, 9.17) is 5.41 Å². The van der Waals surface area contributed by atoms with Crippen LogP contribution in [0.1, 0.15) is 42.4 Å². The first-order chi connectivity index (χ1) is 14.1. The maximum absolute atomic E-state index is 12.6. The number of benzene rings is 1. The third-order valence-corrected chi connectivity index (χ3v) is 4.13. The van der Waals surface area contributed by atoms with Crippen molar-refractivity contribution in [3.8, 4) is 5.75 Å². The predicted octanol–water partition coefficient (Wildman–Crippen LogP) is 3.55. The number of amides is 1. The zero-order valence-corrected chi connectivity index (χ0v) is 16.9. The molecule has 3 aromatic rings. The SMILES string of the molecule is CNc1ccc(OC(F)F)cc1C(=N)c1cnc2[nH]cc(C(=O)NC(C)(C)C)c2n1. The summed E-state index contributed by atoms with van der Waals surface area (Å²) in [6.07, 6.45) is 2.89. The van der Waals surface area contributed by atoms with Gasteiger partial charge >= 0.3 is 6.61 Å². The lowest BCUT2D eigenvalue weighted by atomic mass is 10.0. The van der Waals surface area contributed by atoms with Crippen molar-refractivity contribution in [3.63, 3.8) is 0 Å². The summed E-state index contributed by atoms with van der Waals surface area (Å²) < 4.78 is 29.6. The summed E-state index contributed by atoms with van der Waals surface area (Å²) in [4.78, 5) is 24.2. The van der Waals surface area contributed by atoms with Gasteiger partial charge in [-0.25, -0.2) is 9.97 Å². The van der Waals surface area contributed by atoms with Gasteiger partial charge in [0.1, 0.15) is 17.0 Å². The third-order valence-electron chi connectivity index (χ3n) is 4.13. The Labute approximate surface area is 171 Å². The Morgan fingerprint density at radius 3 is 2.63 bits per heavy atom. The molecule has 2 heterocycles. The quantitative estimate of drug-likeness (QED) is 0.459. The average Bonchev–Trinajstić information content (AvgIpc) is 3.09. The lowest BCUT2D eigenvalue weighted by Crippen LogP contribution is -2.40. The van der Waals surface area contributed by atoms with E-state index in [9.17, 15) is 13.6 Å². The minimum atomic E-state index is -2.98. The molecule has 0 aliphatic carbocycles. The van der Waals surface area contributed by atoms with Gasteiger partial charge in [0.15, 0.2) is 5.65 Å². The molecule has 0 saturated carbocycles. The van der Waals surface area contributed by atoms with Crippen molar-refractivity contribution in [2.75, 3.05) is 12.4 Å². The molecule has 0 radical (unpaired) electrons. The van der Waals surface area contributed by atoms with Gasteiger partial charge in [-0.1, -0.05) is 0 Å². The second-order valence-corrected chi connectivity index (χ2v) is 7.57. The lowest BCUT2D eigenvalue weighted by Gasteiger charge is -2.20. The third kappa shape index (κ3) is 4.53. The monoisotopic (exact) mass is 416 g/mol. The number of hydrogen-bond donors (Lipinski definition) is 4. The number of fused-ring (bicyclic) bond motifs is 1. The zero-order valence-electron chi connectivity index (χ0n) is 16.9. The maximum Gasteiger partial charge on any atom is 0.387 e. The molecule has 3 rings (SSSR count). The summed E-state index contributed by atoms with van der Waals surface area (Å²) >= 11 is 0. The normalized spacial score (nSPS) is 11.6. The largest absolute Gasteiger partial charge is 0.435 e. The van der Waals surface area contributed by atoms with E-state index in [1.54, 1.807) is 7.05 Å². The number of ether oxygens (including phenoxy) is 1. The van der Waals surface area contributed by atoms with Crippen LogP contribution in [0.5, 0.6) is 5.75 Å². The molecule has 0 fully saturated rings. The summed E-state index contributed by atoms with van der Waals surface area (Å²) in [5.41, 5.74) is 1.52. The zero-order chi connectivity index (χ0) is 22.1. The van der Waals surface area contributed by atoms with Crippen molar-refractivity contribution in [3.05, 3.63) is 47.4 Å². The summed E-state index contributed by atoms with van der Waals surface area (Å²) in [7, 11) is 1.65. The van der Waals surface area contributed by atoms with Crippen LogP contribution in [0.3, 0.4) is 0 Å². The number of carbonyl (C=O) groups is 1. The fourth-order valence-corrected chi connectivity index (χ4v) is 2.86. The summed E-state index contributed by atoms with van der Waals surface area (Å²) in [6.45, 7) is 2.60. The summed E-state index contributed by atoms with van der Waals surface area (Å²) in [6, 6.07) is 4.24. The average molecular weight is 416 g/mol. The van der Waals surface area contributed by atoms with Gasteiger partial charge in [-0.05, 0) is 39.0 Å². The van der Waals surface area contributed by atoms with Gasteiger partial charge in [-0.15, -0.1) is 0 Å². The number of aromatic amines is 1. The number of halogens is 2. The van der Waals surface area contributed by atoms with Crippen LogP contribution >= 0.6 is 0 Å². The number of aromatic nitrogens is 3. The molecule has 2 aromatic heterocycles. The van der Waals surface area contributed by atoms with Gasteiger partial charge in [-0.2, -0.15) is 8.78 Å². The molecule has 0 aliphatic rings. The van der Waals surface area contributed by atoms with Crippen molar-refractivity contribution in [2.45, 2.75) is 32.9 Å². The van der Waals surface area contributed by atoms with Crippen molar-refractivity contribution < 1.29 is 18.3 Å². The van der Waals surface area contributed by atoms with Gasteiger partial charge in [0, 0.05) is 30.0 Å². The second-order valence-electron chi connectivity index (χ2n) is 7.57. The molecule has 1 aromatic carbocycles. The maximum atomic E-state index is 12.6.